The van der Waals surface area contributed by atoms with Gasteiger partial charge in [0.05, 0.1) is 0 Å². The molecule has 0 bridgehead atoms. The van der Waals surface area contributed by atoms with E-state index < -0.39 is 0 Å². The van der Waals surface area contributed by atoms with Crippen LogP contribution in [0.1, 0.15) is 19.3 Å². The summed E-state index contributed by atoms with van der Waals surface area (Å²) < 4.78 is 5.31. The van der Waals surface area contributed by atoms with Crippen LogP contribution in [0.15, 0.2) is 0 Å². The molecule has 0 amide bonds. The fourth-order valence-electron chi connectivity index (χ4n) is 0.616. The minimum atomic E-state index is 0.737. The van der Waals surface area contributed by atoms with Gasteiger partial charge in [-0.15, -0.1) is 11.6 Å². The van der Waals surface area contributed by atoms with Crippen LogP contribution in [0.4, 0.5) is 0 Å². The third-order valence-corrected chi connectivity index (χ3v) is 2.36. The van der Waals surface area contributed by atoms with Crippen molar-refractivity contribution in [3.05, 3.63) is 0 Å². The predicted molar refractivity (Wildman–Crippen MR) is 53.7 cm³/mol. The van der Waals surface area contributed by atoms with E-state index in [4.69, 9.17) is 27.0 Å². The molecule has 0 aliphatic heterocycles. The molecule has 0 aliphatic carbocycles. The van der Waals surface area contributed by atoms with Gasteiger partial charge in [-0.25, -0.2) is 0 Å². The summed E-state index contributed by atoms with van der Waals surface area (Å²) in [6.07, 6.45) is 3.15. The van der Waals surface area contributed by atoms with Gasteiger partial charge < -0.3 is 4.74 Å². The minimum absolute atomic E-state index is 0.737. The summed E-state index contributed by atoms with van der Waals surface area (Å²) in [5.74, 6) is 1.71. The summed E-state index contributed by atoms with van der Waals surface area (Å²) >= 11 is 5.49. The number of rotatable bonds is 8. The van der Waals surface area contributed by atoms with Crippen molar-refractivity contribution in [2.24, 2.45) is 0 Å². The van der Waals surface area contributed by atoms with E-state index in [2.05, 4.69) is 0 Å². The lowest BCUT2D eigenvalue weighted by atomic mass is 10.4. The van der Waals surface area contributed by atoms with E-state index >= 15 is 0 Å². The zero-order valence-electron chi connectivity index (χ0n) is 6.52. The molecule has 0 unspecified atom stereocenters. The molecule has 0 heterocycles. The maximum atomic E-state index is 5.49. The van der Waals surface area contributed by atoms with E-state index in [1.165, 1.54) is 11.0 Å². The Kier molecular flexibility index (Phi) is 11.8. The molecule has 4 heteroatoms. The first kappa shape index (κ1) is 11.9. The number of ether oxygens (including phenoxy) is 1. The monoisotopic (exact) mass is 216 g/mol. The lowest BCUT2D eigenvalue weighted by Crippen LogP contribution is -1.97. The Labute approximate surface area is 82.3 Å². The zero-order valence-corrected chi connectivity index (χ0v) is 8.85. The summed E-state index contributed by atoms with van der Waals surface area (Å²) in [6, 6.07) is 0. The highest BCUT2D eigenvalue weighted by Gasteiger charge is 1.89. The molecule has 68 valence electrons. The van der Waals surface area contributed by atoms with Gasteiger partial charge in [0, 0.05) is 24.8 Å². The molecule has 0 aromatic rings. The summed E-state index contributed by atoms with van der Waals surface area (Å²) in [6.45, 7) is 1.65. The molecule has 0 aromatic carbocycles. The number of halogens is 2. The van der Waals surface area contributed by atoms with E-state index in [1.54, 1.807) is 0 Å². The molecule has 0 N–H and O–H groups in total. The molecule has 1 nitrogen and oxygen atoms in total. The topological polar surface area (TPSA) is 9.23 Å². The first-order chi connectivity index (χ1) is 5.41. The Morgan fingerprint density at radius 2 is 1.82 bits per heavy atom. The quantitative estimate of drug-likeness (QED) is 0.455. The van der Waals surface area contributed by atoms with Gasteiger partial charge in [0.15, 0.2) is 0 Å². The number of hydrogen-bond acceptors (Lipinski definition) is 2. The molecule has 0 fully saturated rings. The SMILES string of the molecule is ClCCCCOCCCSCl. The van der Waals surface area contributed by atoms with Crippen LogP contribution in [-0.4, -0.2) is 24.8 Å². The molecule has 11 heavy (non-hydrogen) atoms. The number of alkyl halides is 1. The lowest BCUT2D eigenvalue weighted by Gasteiger charge is -2.00. The third kappa shape index (κ3) is 10.9. The maximum Gasteiger partial charge on any atom is 0.0474 e. The van der Waals surface area contributed by atoms with E-state index in [0.29, 0.717) is 0 Å². The second-order valence-corrected chi connectivity index (χ2v) is 3.83. The molecule has 0 aromatic heterocycles. The second-order valence-electron chi connectivity index (χ2n) is 2.18. The van der Waals surface area contributed by atoms with Gasteiger partial charge in [-0.2, -0.15) is 0 Å². The molecule has 0 aliphatic rings. The molecular formula is C7H14Cl2OS. The van der Waals surface area contributed by atoms with Gasteiger partial charge in [0.2, 0.25) is 0 Å². The van der Waals surface area contributed by atoms with Crippen LogP contribution >= 0.6 is 33.3 Å². The largest absolute Gasteiger partial charge is 0.381 e. The first-order valence-corrected chi connectivity index (χ1v) is 6.13. The third-order valence-electron chi connectivity index (χ3n) is 1.18. The highest BCUT2D eigenvalue weighted by Crippen LogP contribution is 2.06. The van der Waals surface area contributed by atoms with Crippen LogP contribution in [0.3, 0.4) is 0 Å². The zero-order chi connectivity index (χ0) is 8.36. The van der Waals surface area contributed by atoms with Crippen LogP contribution in [0.5, 0.6) is 0 Å². The van der Waals surface area contributed by atoms with Crippen molar-refractivity contribution < 1.29 is 4.74 Å². The molecule has 0 atom stereocenters. The fraction of sp³-hybridized carbons (Fsp3) is 1.00. The van der Waals surface area contributed by atoms with Gasteiger partial charge in [0.25, 0.3) is 0 Å². The van der Waals surface area contributed by atoms with Gasteiger partial charge in [-0.1, -0.05) is 11.0 Å². The van der Waals surface area contributed by atoms with Crippen molar-refractivity contribution in [3.63, 3.8) is 0 Å². The lowest BCUT2D eigenvalue weighted by molar-refractivity contribution is 0.133. The average Bonchev–Trinajstić information content (AvgIpc) is 2.03. The van der Waals surface area contributed by atoms with Crippen LogP contribution in [-0.2, 0) is 4.74 Å². The molecule has 0 radical (unpaired) electrons. The number of hydrogen-bond donors (Lipinski definition) is 0. The van der Waals surface area contributed by atoms with Crippen molar-refractivity contribution in [1.29, 1.82) is 0 Å². The van der Waals surface area contributed by atoms with Crippen molar-refractivity contribution in [2.75, 3.05) is 24.8 Å². The van der Waals surface area contributed by atoms with E-state index in [1.807, 2.05) is 0 Å². The summed E-state index contributed by atoms with van der Waals surface area (Å²) in [5.41, 5.74) is 0. The molecule has 0 spiro atoms. The van der Waals surface area contributed by atoms with Gasteiger partial charge >= 0.3 is 0 Å². The Morgan fingerprint density at radius 3 is 2.45 bits per heavy atom. The van der Waals surface area contributed by atoms with Gasteiger partial charge in [-0.05, 0) is 29.9 Å². The minimum Gasteiger partial charge on any atom is -0.381 e. The van der Waals surface area contributed by atoms with E-state index in [9.17, 15) is 0 Å². The van der Waals surface area contributed by atoms with E-state index in [-0.39, 0.29) is 0 Å². The average molecular weight is 217 g/mol. The smallest absolute Gasteiger partial charge is 0.0474 e. The Morgan fingerprint density at radius 1 is 1.09 bits per heavy atom. The summed E-state index contributed by atoms with van der Waals surface area (Å²) in [4.78, 5) is 0. The Bertz CT molecular complexity index is 65.5. The highest BCUT2D eigenvalue weighted by molar-refractivity contribution is 8.21. The first-order valence-electron chi connectivity index (χ1n) is 3.79. The van der Waals surface area contributed by atoms with E-state index in [0.717, 1.165) is 44.1 Å². The van der Waals surface area contributed by atoms with Gasteiger partial charge in [-0.3, -0.25) is 0 Å². The van der Waals surface area contributed by atoms with Crippen molar-refractivity contribution >= 4 is 33.3 Å². The highest BCUT2D eigenvalue weighted by atomic mass is 35.7. The number of unbranched alkanes of at least 4 members (excludes halogenated alkanes) is 1. The van der Waals surface area contributed by atoms with Crippen molar-refractivity contribution in [3.8, 4) is 0 Å². The molecule has 0 saturated carbocycles. The van der Waals surface area contributed by atoms with Crippen molar-refractivity contribution in [1.82, 2.24) is 0 Å². The van der Waals surface area contributed by atoms with Crippen LogP contribution < -0.4 is 0 Å². The summed E-state index contributed by atoms with van der Waals surface area (Å²) in [5, 5.41) is 0. The maximum absolute atomic E-state index is 5.49. The van der Waals surface area contributed by atoms with Crippen molar-refractivity contribution in [2.45, 2.75) is 19.3 Å². The Hall–Kier alpha value is 0.890. The predicted octanol–water partition coefficient (Wildman–Crippen LogP) is 3.30. The molecule has 0 saturated heterocycles. The molecule has 0 rings (SSSR count). The summed E-state index contributed by atoms with van der Waals surface area (Å²) in [7, 11) is 6.75. The fourth-order valence-corrected chi connectivity index (χ4v) is 1.36. The normalized spacial score (nSPS) is 10.4. The van der Waals surface area contributed by atoms with Gasteiger partial charge in [0.1, 0.15) is 0 Å². The van der Waals surface area contributed by atoms with Crippen LogP contribution in [0, 0.1) is 0 Å². The second kappa shape index (κ2) is 10.9. The van der Waals surface area contributed by atoms with Crippen LogP contribution in [0.2, 0.25) is 0 Å². The standard InChI is InChI=1S/C7H14Cl2OS/c8-4-1-2-5-10-6-3-7-11-9/h1-7H2. The van der Waals surface area contributed by atoms with Crippen LogP contribution in [0.25, 0.3) is 0 Å². The molecular weight excluding hydrogens is 203 g/mol. The Balaban J connectivity index is 2.69.